The number of ether oxygens (including phenoxy) is 5. The van der Waals surface area contributed by atoms with E-state index < -0.39 is 12.0 Å². The predicted octanol–water partition coefficient (Wildman–Crippen LogP) is 3.68. The van der Waals surface area contributed by atoms with Gasteiger partial charge in [-0.15, -0.1) is 0 Å². The standard InChI is InChI=1S/C28H39N3O8/c1-28(2,3)25(33)22-16-20-15-21(18-29-26(20)31-22)30-27(34)19-5-6-24(23(32)17-19)39-14-13-38-12-11-37-10-9-36-8-7-35-4/h5-6,15-18,25,32-33H,7-14H2,1-4H3,(H,29,31)(H,30,34). The van der Waals surface area contributed by atoms with Crippen LogP contribution in [0.2, 0.25) is 0 Å². The summed E-state index contributed by atoms with van der Waals surface area (Å²) in [5, 5.41) is 24.4. The number of hydrogen-bond donors (Lipinski definition) is 4. The molecule has 1 atom stereocenters. The normalized spacial score (nSPS) is 12.5. The summed E-state index contributed by atoms with van der Waals surface area (Å²) < 4.78 is 26.6. The fraction of sp³-hybridized carbons (Fsp3) is 0.500. The van der Waals surface area contributed by atoms with Crippen molar-refractivity contribution in [2.75, 3.05) is 65.3 Å². The number of nitrogens with zero attached hydrogens (tertiary/aromatic N) is 1. The highest BCUT2D eigenvalue weighted by Crippen LogP contribution is 2.33. The Morgan fingerprint density at radius 2 is 1.62 bits per heavy atom. The molecule has 0 spiro atoms. The number of fused-ring (bicyclic) bond motifs is 1. The summed E-state index contributed by atoms with van der Waals surface area (Å²) in [7, 11) is 1.62. The lowest BCUT2D eigenvalue weighted by atomic mass is 9.87. The van der Waals surface area contributed by atoms with Crippen LogP contribution in [0.15, 0.2) is 36.5 Å². The van der Waals surface area contributed by atoms with E-state index in [1.54, 1.807) is 19.2 Å². The first-order chi connectivity index (χ1) is 18.7. The van der Waals surface area contributed by atoms with E-state index in [-0.39, 0.29) is 29.1 Å². The number of aliphatic hydroxyl groups excluding tert-OH is 1. The molecule has 11 nitrogen and oxygen atoms in total. The summed E-state index contributed by atoms with van der Waals surface area (Å²) in [6.07, 6.45) is 0.847. The van der Waals surface area contributed by atoms with E-state index in [1.807, 2.05) is 26.8 Å². The van der Waals surface area contributed by atoms with Gasteiger partial charge in [-0.05, 0) is 35.7 Å². The first-order valence-corrected chi connectivity index (χ1v) is 12.8. The molecule has 0 bridgehead atoms. The Morgan fingerprint density at radius 1 is 0.974 bits per heavy atom. The Kier molecular flexibility index (Phi) is 11.5. The topological polar surface area (TPSA) is 144 Å². The van der Waals surface area contributed by atoms with Crippen molar-refractivity contribution in [1.29, 1.82) is 0 Å². The Hall–Kier alpha value is -3.22. The van der Waals surface area contributed by atoms with Crippen LogP contribution in [0, 0.1) is 5.41 Å². The molecule has 0 saturated carbocycles. The molecule has 2 heterocycles. The number of methoxy groups -OCH3 is 1. The van der Waals surface area contributed by atoms with Gasteiger partial charge in [0.25, 0.3) is 5.91 Å². The van der Waals surface area contributed by atoms with E-state index in [2.05, 4.69) is 15.3 Å². The number of rotatable bonds is 16. The quantitative estimate of drug-likeness (QED) is 0.198. The van der Waals surface area contributed by atoms with Crippen LogP contribution in [0.5, 0.6) is 11.5 Å². The number of aromatic hydroxyl groups is 1. The fourth-order valence-corrected chi connectivity index (χ4v) is 3.60. The fourth-order valence-electron chi connectivity index (χ4n) is 3.60. The van der Waals surface area contributed by atoms with Crippen molar-refractivity contribution in [2.24, 2.45) is 5.41 Å². The van der Waals surface area contributed by atoms with Crippen molar-refractivity contribution >= 4 is 22.6 Å². The van der Waals surface area contributed by atoms with Crippen molar-refractivity contribution < 1.29 is 38.7 Å². The van der Waals surface area contributed by atoms with Gasteiger partial charge in [-0.1, -0.05) is 20.8 Å². The summed E-state index contributed by atoms with van der Waals surface area (Å²) in [6.45, 7) is 9.33. The number of phenolic OH excluding ortho intramolecular Hbond substituents is 1. The third kappa shape index (κ3) is 9.48. The van der Waals surface area contributed by atoms with Crippen LogP contribution in [0.25, 0.3) is 11.0 Å². The molecular weight excluding hydrogens is 506 g/mol. The van der Waals surface area contributed by atoms with Crippen molar-refractivity contribution in [3.63, 3.8) is 0 Å². The van der Waals surface area contributed by atoms with Crippen LogP contribution in [-0.4, -0.2) is 86.1 Å². The number of hydrogen-bond acceptors (Lipinski definition) is 9. The molecule has 0 aliphatic rings. The van der Waals surface area contributed by atoms with Gasteiger partial charge in [-0.25, -0.2) is 4.98 Å². The number of phenols is 1. The van der Waals surface area contributed by atoms with Crippen molar-refractivity contribution in [3.05, 3.63) is 47.8 Å². The van der Waals surface area contributed by atoms with Crippen LogP contribution in [0.1, 0.15) is 42.9 Å². The molecule has 11 heteroatoms. The third-order valence-corrected chi connectivity index (χ3v) is 5.75. The molecule has 0 fully saturated rings. The highest BCUT2D eigenvalue weighted by molar-refractivity contribution is 6.05. The van der Waals surface area contributed by atoms with Gasteiger partial charge in [0.2, 0.25) is 0 Å². The van der Waals surface area contributed by atoms with E-state index in [1.165, 1.54) is 18.3 Å². The SMILES string of the molecule is COCCOCCOCCOCCOc1ccc(C(=O)Nc2cnc3[nH]c(C(O)C(C)(C)C)cc3c2)cc1O. The van der Waals surface area contributed by atoms with Crippen LogP contribution in [-0.2, 0) is 18.9 Å². The van der Waals surface area contributed by atoms with E-state index in [4.69, 9.17) is 23.7 Å². The van der Waals surface area contributed by atoms with Gasteiger partial charge < -0.3 is 44.2 Å². The number of carbonyl (C=O) groups excluding carboxylic acids is 1. The molecule has 4 N–H and O–H groups in total. The molecule has 0 aliphatic heterocycles. The maximum Gasteiger partial charge on any atom is 0.255 e. The third-order valence-electron chi connectivity index (χ3n) is 5.75. The Bertz CT molecular complexity index is 1190. The minimum absolute atomic E-state index is 0.153. The molecule has 39 heavy (non-hydrogen) atoms. The van der Waals surface area contributed by atoms with E-state index >= 15 is 0 Å². The van der Waals surface area contributed by atoms with Crippen molar-refractivity contribution in [3.8, 4) is 11.5 Å². The number of nitrogens with one attached hydrogen (secondary N) is 2. The van der Waals surface area contributed by atoms with E-state index in [0.717, 1.165) is 5.39 Å². The first kappa shape index (κ1) is 30.3. The van der Waals surface area contributed by atoms with Crippen molar-refractivity contribution in [1.82, 2.24) is 9.97 Å². The van der Waals surface area contributed by atoms with E-state index in [0.29, 0.717) is 63.3 Å². The molecule has 3 aromatic rings. The van der Waals surface area contributed by atoms with Gasteiger partial charge in [0, 0.05) is 23.8 Å². The number of carbonyl (C=O) groups is 1. The zero-order chi connectivity index (χ0) is 28.3. The van der Waals surface area contributed by atoms with Crippen LogP contribution in [0.4, 0.5) is 5.69 Å². The summed E-state index contributed by atoms with van der Waals surface area (Å²) in [5.74, 6) is -0.310. The molecule has 0 radical (unpaired) electrons. The molecule has 1 aromatic carbocycles. The molecule has 2 aromatic heterocycles. The van der Waals surface area contributed by atoms with Gasteiger partial charge in [0.1, 0.15) is 12.3 Å². The largest absolute Gasteiger partial charge is 0.504 e. The zero-order valence-electron chi connectivity index (χ0n) is 23.0. The lowest BCUT2D eigenvalue weighted by Gasteiger charge is -2.24. The molecule has 214 valence electrons. The average Bonchev–Trinajstić information content (AvgIpc) is 3.32. The van der Waals surface area contributed by atoms with Crippen LogP contribution in [0.3, 0.4) is 0 Å². The molecular formula is C28H39N3O8. The van der Waals surface area contributed by atoms with Crippen LogP contribution >= 0.6 is 0 Å². The molecule has 1 amide bonds. The lowest BCUT2D eigenvalue weighted by molar-refractivity contribution is 0.0000850. The summed E-state index contributed by atoms with van der Waals surface area (Å²) >= 11 is 0. The highest BCUT2D eigenvalue weighted by atomic mass is 16.6. The number of aliphatic hydroxyl groups is 1. The second-order valence-electron chi connectivity index (χ2n) is 9.97. The second kappa shape index (κ2) is 14.8. The number of pyridine rings is 1. The minimum Gasteiger partial charge on any atom is -0.504 e. The van der Waals surface area contributed by atoms with Crippen molar-refractivity contribution in [2.45, 2.75) is 26.9 Å². The highest BCUT2D eigenvalue weighted by Gasteiger charge is 2.25. The number of benzene rings is 1. The monoisotopic (exact) mass is 545 g/mol. The first-order valence-electron chi connectivity index (χ1n) is 12.8. The second-order valence-corrected chi connectivity index (χ2v) is 9.97. The minimum atomic E-state index is -0.684. The van der Waals surface area contributed by atoms with Gasteiger partial charge in [-0.3, -0.25) is 4.79 Å². The number of anilines is 1. The van der Waals surface area contributed by atoms with E-state index in [9.17, 15) is 15.0 Å². The van der Waals surface area contributed by atoms with Gasteiger partial charge in [0.05, 0.1) is 64.2 Å². The number of H-pyrrole nitrogens is 1. The summed E-state index contributed by atoms with van der Waals surface area (Å²) in [5.41, 5.74) is 1.69. The molecule has 3 rings (SSSR count). The van der Waals surface area contributed by atoms with Crippen LogP contribution < -0.4 is 10.1 Å². The number of amides is 1. The molecule has 0 aliphatic carbocycles. The zero-order valence-corrected chi connectivity index (χ0v) is 23.0. The average molecular weight is 546 g/mol. The Balaban J connectivity index is 1.42. The summed E-state index contributed by atoms with van der Waals surface area (Å²) in [6, 6.07) is 8.03. The smallest absolute Gasteiger partial charge is 0.255 e. The van der Waals surface area contributed by atoms with Gasteiger partial charge >= 0.3 is 0 Å². The molecule has 1 unspecified atom stereocenters. The maximum absolute atomic E-state index is 12.7. The number of aromatic nitrogens is 2. The lowest BCUT2D eigenvalue weighted by Crippen LogP contribution is -2.17. The molecule has 0 saturated heterocycles. The maximum atomic E-state index is 12.7. The Morgan fingerprint density at radius 3 is 2.23 bits per heavy atom. The predicted molar refractivity (Wildman–Crippen MR) is 146 cm³/mol. The van der Waals surface area contributed by atoms with Gasteiger partial charge in [-0.2, -0.15) is 0 Å². The number of aromatic amines is 1. The summed E-state index contributed by atoms with van der Waals surface area (Å²) in [4.78, 5) is 20.2. The van der Waals surface area contributed by atoms with Gasteiger partial charge in [0.15, 0.2) is 11.5 Å². The Labute approximate surface area is 228 Å².